The van der Waals surface area contributed by atoms with Crippen molar-refractivity contribution >= 4 is 0 Å². The van der Waals surface area contributed by atoms with Crippen LogP contribution >= 0.6 is 0 Å². The van der Waals surface area contributed by atoms with Crippen LogP contribution in [0.2, 0.25) is 0 Å². The summed E-state index contributed by atoms with van der Waals surface area (Å²) in [5, 5.41) is 12.3. The minimum atomic E-state index is -0.0885. The van der Waals surface area contributed by atoms with E-state index < -0.39 is 0 Å². The molecule has 1 aliphatic carbocycles. The van der Waals surface area contributed by atoms with Crippen molar-refractivity contribution in [3.05, 3.63) is 30.1 Å². The number of nitrogens with one attached hydrogen (secondary N) is 1. The van der Waals surface area contributed by atoms with Gasteiger partial charge in [-0.2, -0.15) is 5.26 Å². The van der Waals surface area contributed by atoms with Gasteiger partial charge in [-0.15, -0.1) is 0 Å². The Hall–Kier alpha value is -1.40. The lowest BCUT2D eigenvalue weighted by Gasteiger charge is -2.35. The van der Waals surface area contributed by atoms with Crippen LogP contribution in [0.1, 0.15) is 25.0 Å². The van der Waals surface area contributed by atoms with Crippen LogP contribution < -0.4 is 5.32 Å². The summed E-state index contributed by atoms with van der Waals surface area (Å²) in [4.78, 5) is 4.22. The zero-order valence-electron chi connectivity index (χ0n) is 8.74. The normalized spacial score (nSPS) is 17.8. The molecule has 0 amide bonds. The van der Waals surface area contributed by atoms with Crippen LogP contribution in [0.3, 0.4) is 0 Å². The summed E-state index contributed by atoms with van der Waals surface area (Å²) in [6.45, 7) is 1.55. The molecule has 1 aliphatic rings. The van der Waals surface area contributed by atoms with Gasteiger partial charge in [-0.05, 0) is 25.0 Å². The Bertz CT molecular complexity index is 349. The van der Waals surface area contributed by atoms with Crippen LogP contribution in [0.15, 0.2) is 24.4 Å². The first-order valence-corrected chi connectivity index (χ1v) is 5.37. The van der Waals surface area contributed by atoms with Crippen LogP contribution in [0.25, 0.3) is 0 Å². The van der Waals surface area contributed by atoms with Gasteiger partial charge in [0.1, 0.15) is 0 Å². The average molecular weight is 201 g/mol. The highest BCUT2D eigenvalue weighted by Crippen LogP contribution is 2.39. The highest BCUT2D eigenvalue weighted by Gasteiger charge is 2.36. The van der Waals surface area contributed by atoms with Crippen molar-refractivity contribution in [2.75, 3.05) is 6.54 Å². The Balaban J connectivity index is 1.78. The van der Waals surface area contributed by atoms with E-state index in [1.54, 1.807) is 6.20 Å². The summed E-state index contributed by atoms with van der Waals surface area (Å²) in [5.74, 6) is 0. The average Bonchev–Trinajstić information content (AvgIpc) is 2.24. The maximum atomic E-state index is 9.03. The largest absolute Gasteiger partial charge is 0.310 e. The summed E-state index contributed by atoms with van der Waals surface area (Å²) in [6.07, 6.45) is 5.07. The van der Waals surface area contributed by atoms with Crippen LogP contribution in [-0.2, 0) is 6.54 Å². The van der Waals surface area contributed by atoms with Gasteiger partial charge in [-0.1, -0.05) is 12.5 Å². The summed E-state index contributed by atoms with van der Waals surface area (Å²) >= 11 is 0. The Kier molecular flexibility index (Phi) is 2.98. The highest BCUT2D eigenvalue weighted by molar-refractivity contribution is 5.07. The molecule has 0 atom stereocenters. The molecule has 1 fully saturated rings. The minimum Gasteiger partial charge on any atom is -0.310 e. The van der Waals surface area contributed by atoms with Crippen LogP contribution in [-0.4, -0.2) is 11.5 Å². The molecule has 1 heterocycles. The molecule has 1 saturated carbocycles. The maximum absolute atomic E-state index is 9.03. The van der Waals surface area contributed by atoms with Crippen LogP contribution in [0.5, 0.6) is 0 Å². The van der Waals surface area contributed by atoms with Gasteiger partial charge in [0, 0.05) is 19.3 Å². The molecule has 2 rings (SSSR count). The van der Waals surface area contributed by atoms with E-state index in [4.69, 9.17) is 5.26 Å². The molecule has 0 aliphatic heterocycles. The second kappa shape index (κ2) is 4.41. The second-order valence-corrected chi connectivity index (χ2v) is 4.17. The number of aromatic nitrogens is 1. The molecule has 0 radical (unpaired) electrons. The van der Waals surface area contributed by atoms with E-state index >= 15 is 0 Å². The fraction of sp³-hybridized carbons (Fsp3) is 0.500. The first kappa shape index (κ1) is 10.1. The number of pyridine rings is 1. The topological polar surface area (TPSA) is 48.7 Å². The van der Waals surface area contributed by atoms with Gasteiger partial charge in [0.2, 0.25) is 0 Å². The molecule has 0 spiro atoms. The lowest BCUT2D eigenvalue weighted by molar-refractivity contribution is 0.206. The van der Waals surface area contributed by atoms with Crippen molar-refractivity contribution in [3.8, 4) is 6.07 Å². The fourth-order valence-electron chi connectivity index (χ4n) is 1.86. The summed E-state index contributed by atoms with van der Waals surface area (Å²) in [6, 6.07) is 8.30. The van der Waals surface area contributed by atoms with Gasteiger partial charge < -0.3 is 5.32 Å². The third-order valence-electron chi connectivity index (χ3n) is 3.04. The van der Waals surface area contributed by atoms with E-state index in [0.717, 1.165) is 31.6 Å². The van der Waals surface area contributed by atoms with Gasteiger partial charge in [0.15, 0.2) is 0 Å². The first-order chi connectivity index (χ1) is 7.35. The molecular formula is C12H15N3. The minimum absolute atomic E-state index is 0.0885. The van der Waals surface area contributed by atoms with Crippen molar-refractivity contribution < 1.29 is 0 Å². The quantitative estimate of drug-likeness (QED) is 0.809. The lowest BCUT2D eigenvalue weighted by Crippen LogP contribution is -2.38. The fourth-order valence-corrected chi connectivity index (χ4v) is 1.86. The van der Waals surface area contributed by atoms with Crippen molar-refractivity contribution in [1.82, 2.24) is 10.3 Å². The van der Waals surface area contributed by atoms with E-state index in [1.165, 1.54) is 6.42 Å². The Labute approximate surface area is 90.1 Å². The number of hydrogen-bond donors (Lipinski definition) is 1. The van der Waals surface area contributed by atoms with Crippen LogP contribution in [0, 0.1) is 16.7 Å². The molecular weight excluding hydrogens is 186 g/mol. The molecule has 1 N–H and O–H groups in total. The van der Waals surface area contributed by atoms with Gasteiger partial charge >= 0.3 is 0 Å². The second-order valence-electron chi connectivity index (χ2n) is 4.17. The molecule has 3 heteroatoms. The number of hydrogen-bond acceptors (Lipinski definition) is 3. The van der Waals surface area contributed by atoms with E-state index in [2.05, 4.69) is 16.4 Å². The van der Waals surface area contributed by atoms with Gasteiger partial charge in [-0.3, -0.25) is 4.98 Å². The van der Waals surface area contributed by atoms with Gasteiger partial charge in [0.05, 0.1) is 17.2 Å². The highest BCUT2D eigenvalue weighted by atomic mass is 14.9. The zero-order valence-corrected chi connectivity index (χ0v) is 8.74. The Morgan fingerprint density at radius 3 is 2.87 bits per heavy atom. The van der Waals surface area contributed by atoms with Crippen molar-refractivity contribution in [3.63, 3.8) is 0 Å². The lowest BCUT2D eigenvalue weighted by atomic mass is 9.70. The van der Waals surface area contributed by atoms with Crippen molar-refractivity contribution in [1.29, 1.82) is 5.26 Å². The first-order valence-electron chi connectivity index (χ1n) is 5.37. The van der Waals surface area contributed by atoms with E-state index in [-0.39, 0.29) is 5.41 Å². The zero-order chi connectivity index (χ0) is 10.6. The predicted octanol–water partition coefficient (Wildman–Crippen LogP) is 1.87. The van der Waals surface area contributed by atoms with E-state index in [1.807, 2.05) is 18.2 Å². The molecule has 1 aromatic rings. The Morgan fingerprint density at radius 2 is 2.33 bits per heavy atom. The molecule has 0 aromatic carbocycles. The van der Waals surface area contributed by atoms with Crippen molar-refractivity contribution in [2.24, 2.45) is 5.41 Å². The number of nitriles is 1. The van der Waals surface area contributed by atoms with Gasteiger partial charge in [0.25, 0.3) is 0 Å². The SMILES string of the molecule is N#CC1(CNCc2ccccn2)CCC1. The summed E-state index contributed by atoms with van der Waals surface area (Å²) in [5.41, 5.74) is 0.944. The molecule has 0 unspecified atom stereocenters. The third-order valence-corrected chi connectivity index (χ3v) is 3.04. The number of rotatable bonds is 4. The summed E-state index contributed by atoms with van der Waals surface area (Å²) < 4.78 is 0. The molecule has 15 heavy (non-hydrogen) atoms. The number of nitrogens with zero attached hydrogens (tertiary/aromatic N) is 2. The van der Waals surface area contributed by atoms with Gasteiger partial charge in [-0.25, -0.2) is 0 Å². The standard InChI is InChI=1S/C12H15N3/c13-9-12(5-3-6-12)10-14-8-11-4-1-2-7-15-11/h1-2,4,7,14H,3,5-6,8,10H2. The summed E-state index contributed by atoms with van der Waals surface area (Å²) in [7, 11) is 0. The molecule has 3 nitrogen and oxygen atoms in total. The third kappa shape index (κ3) is 2.34. The molecule has 1 aromatic heterocycles. The molecule has 0 saturated heterocycles. The molecule has 78 valence electrons. The molecule has 0 bridgehead atoms. The van der Waals surface area contributed by atoms with Crippen molar-refractivity contribution in [2.45, 2.75) is 25.8 Å². The smallest absolute Gasteiger partial charge is 0.0703 e. The van der Waals surface area contributed by atoms with E-state index in [9.17, 15) is 0 Å². The monoisotopic (exact) mass is 201 g/mol. The maximum Gasteiger partial charge on any atom is 0.0703 e. The predicted molar refractivity (Wildman–Crippen MR) is 57.8 cm³/mol. The Morgan fingerprint density at radius 1 is 1.47 bits per heavy atom. The van der Waals surface area contributed by atoms with E-state index in [0.29, 0.717) is 0 Å². The van der Waals surface area contributed by atoms with Crippen LogP contribution in [0.4, 0.5) is 0 Å².